The summed E-state index contributed by atoms with van der Waals surface area (Å²) in [6.45, 7) is 4.54. The van der Waals surface area contributed by atoms with Crippen LogP contribution in [0.5, 0.6) is 5.75 Å². The molecule has 0 aliphatic rings. The fraction of sp³-hybridized carbons (Fsp3) is 0.308. The average molecular weight is 232 g/mol. The summed E-state index contributed by atoms with van der Waals surface area (Å²) in [5.74, 6) is 1.61. The molecule has 0 amide bonds. The second kappa shape index (κ2) is 4.91. The number of hydrogen-bond donors (Lipinski definition) is 1. The Morgan fingerprint density at radius 3 is 2.88 bits per heavy atom. The first kappa shape index (κ1) is 11.5. The van der Waals surface area contributed by atoms with Crippen LogP contribution in [0.15, 0.2) is 28.7 Å². The predicted molar refractivity (Wildman–Crippen MR) is 67.4 cm³/mol. The molecule has 0 aliphatic carbocycles. The predicted octanol–water partition coefficient (Wildman–Crippen LogP) is 3.09. The normalized spacial score (nSPS) is 10.3. The minimum absolute atomic E-state index is 0.527. The molecule has 0 saturated carbocycles. The molecular weight excluding hydrogens is 216 g/mol. The van der Waals surface area contributed by atoms with Crippen LogP contribution in [0.1, 0.15) is 12.6 Å². The molecule has 4 nitrogen and oxygen atoms in total. The van der Waals surface area contributed by atoms with E-state index in [1.807, 2.05) is 38.1 Å². The van der Waals surface area contributed by atoms with Crippen molar-refractivity contribution in [2.75, 3.05) is 19.0 Å². The van der Waals surface area contributed by atoms with Crippen LogP contribution in [0.4, 0.5) is 6.01 Å². The molecule has 1 aromatic heterocycles. The lowest BCUT2D eigenvalue weighted by molar-refractivity contribution is 0.340. The number of benzene rings is 1. The van der Waals surface area contributed by atoms with Gasteiger partial charge in [-0.05, 0) is 26.0 Å². The molecule has 0 saturated heterocycles. The maximum atomic E-state index is 5.60. The summed E-state index contributed by atoms with van der Waals surface area (Å²) < 4.78 is 11.1. The van der Waals surface area contributed by atoms with Gasteiger partial charge in [-0.2, -0.15) is 4.98 Å². The third kappa shape index (κ3) is 2.41. The van der Waals surface area contributed by atoms with Gasteiger partial charge in [0.1, 0.15) is 5.75 Å². The van der Waals surface area contributed by atoms with Gasteiger partial charge in [-0.1, -0.05) is 12.1 Å². The lowest BCUT2D eigenvalue weighted by atomic mass is 10.1. The molecule has 0 atom stereocenters. The maximum absolute atomic E-state index is 5.60. The highest BCUT2D eigenvalue weighted by Crippen LogP contribution is 2.28. The van der Waals surface area contributed by atoms with E-state index >= 15 is 0 Å². The Balaban J connectivity index is 2.37. The van der Waals surface area contributed by atoms with Gasteiger partial charge < -0.3 is 14.5 Å². The molecule has 0 bridgehead atoms. The Morgan fingerprint density at radius 1 is 1.41 bits per heavy atom. The van der Waals surface area contributed by atoms with E-state index in [0.29, 0.717) is 12.6 Å². The van der Waals surface area contributed by atoms with Gasteiger partial charge in [0, 0.05) is 12.6 Å². The van der Waals surface area contributed by atoms with E-state index in [9.17, 15) is 0 Å². The number of ether oxygens (including phenoxy) is 1. The molecule has 0 fully saturated rings. The third-order valence-corrected chi connectivity index (χ3v) is 2.42. The molecule has 2 aromatic rings. The molecule has 1 heterocycles. The lowest BCUT2D eigenvalue weighted by Crippen LogP contribution is -1.91. The SMILES string of the molecule is CCOc1cccc(-c2oc(NC)nc2C)c1. The summed E-state index contributed by atoms with van der Waals surface area (Å²) in [7, 11) is 1.78. The van der Waals surface area contributed by atoms with Crippen LogP contribution in [0, 0.1) is 6.92 Å². The van der Waals surface area contributed by atoms with Crippen LogP contribution in [0.2, 0.25) is 0 Å². The van der Waals surface area contributed by atoms with Crippen LogP contribution in [0.3, 0.4) is 0 Å². The largest absolute Gasteiger partial charge is 0.494 e. The fourth-order valence-electron chi connectivity index (χ4n) is 1.66. The molecule has 4 heteroatoms. The maximum Gasteiger partial charge on any atom is 0.295 e. The number of aryl methyl sites for hydroxylation is 1. The molecule has 2 rings (SSSR count). The van der Waals surface area contributed by atoms with Crippen LogP contribution < -0.4 is 10.1 Å². The highest BCUT2D eigenvalue weighted by molar-refractivity contribution is 5.62. The van der Waals surface area contributed by atoms with Crippen LogP contribution in [-0.2, 0) is 0 Å². The van der Waals surface area contributed by atoms with Crippen molar-refractivity contribution in [3.05, 3.63) is 30.0 Å². The van der Waals surface area contributed by atoms with Gasteiger partial charge in [0.15, 0.2) is 5.76 Å². The summed E-state index contributed by atoms with van der Waals surface area (Å²) in [6, 6.07) is 8.34. The molecule has 0 aliphatic heterocycles. The molecule has 0 unspecified atom stereocenters. The van der Waals surface area contributed by atoms with E-state index < -0.39 is 0 Å². The second-order valence-corrected chi connectivity index (χ2v) is 3.64. The quantitative estimate of drug-likeness (QED) is 0.880. The monoisotopic (exact) mass is 232 g/mol. The number of rotatable bonds is 4. The third-order valence-electron chi connectivity index (χ3n) is 2.42. The van der Waals surface area contributed by atoms with Gasteiger partial charge in [0.25, 0.3) is 6.01 Å². The molecular formula is C13H16N2O2. The van der Waals surface area contributed by atoms with Gasteiger partial charge in [-0.3, -0.25) is 0 Å². The zero-order chi connectivity index (χ0) is 12.3. The topological polar surface area (TPSA) is 47.3 Å². The van der Waals surface area contributed by atoms with Crippen molar-refractivity contribution >= 4 is 6.01 Å². The van der Waals surface area contributed by atoms with Gasteiger partial charge in [-0.15, -0.1) is 0 Å². The molecule has 0 spiro atoms. The first-order valence-corrected chi connectivity index (χ1v) is 5.63. The molecule has 0 radical (unpaired) electrons. The average Bonchev–Trinajstić information content (AvgIpc) is 2.71. The van der Waals surface area contributed by atoms with Gasteiger partial charge in [0.05, 0.1) is 12.3 Å². The zero-order valence-corrected chi connectivity index (χ0v) is 10.3. The summed E-state index contributed by atoms with van der Waals surface area (Å²) in [6.07, 6.45) is 0. The highest BCUT2D eigenvalue weighted by atomic mass is 16.5. The van der Waals surface area contributed by atoms with Crippen molar-refractivity contribution in [1.29, 1.82) is 0 Å². The number of oxazole rings is 1. The van der Waals surface area contributed by atoms with Crippen molar-refractivity contribution in [1.82, 2.24) is 4.98 Å². The number of nitrogens with one attached hydrogen (secondary N) is 1. The van der Waals surface area contributed by atoms with Crippen molar-refractivity contribution < 1.29 is 9.15 Å². The second-order valence-electron chi connectivity index (χ2n) is 3.64. The Hall–Kier alpha value is -1.97. The fourth-order valence-corrected chi connectivity index (χ4v) is 1.66. The van der Waals surface area contributed by atoms with E-state index in [2.05, 4.69) is 10.3 Å². The van der Waals surface area contributed by atoms with E-state index in [1.165, 1.54) is 0 Å². The summed E-state index contributed by atoms with van der Waals surface area (Å²) in [5.41, 5.74) is 1.84. The molecule has 17 heavy (non-hydrogen) atoms. The smallest absolute Gasteiger partial charge is 0.295 e. The highest BCUT2D eigenvalue weighted by Gasteiger charge is 2.11. The first-order valence-electron chi connectivity index (χ1n) is 5.63. The van der Waals surface area contributed by atoms with Gasteiger partial charge in [-0.25, -0.2) is 0 Å². The van der Waals surface area contributed by atoms with Crippen molar-refractivity contribution in [2.24, 2.45) is 0 Å². The molecule has 1 N–H and O–H groups in total. The number of nitrogens with zero attached hydrogens (tertiary/aromatic N) is 1. The Bertz CT molecular complexity index is 506. The summed E-state index contributed by atoms with van der Waals surface area (Å²) >= 11 is 0. The Morgan fingerprint density at radius 2 is 2.24 bits per heavy atom. The Kier molecular flexibility index (Phi) is 3.32. The summed E-state index contributed by atoms with van der Waals surface area (Å²) in [4.78, 5) is 4.26. The standard InChI is InChI=1S/C13H16N2O2/c1-4-16-11-7-5-6-10(8-11)12-9(2)15-13(14-3)17-12/h5-8H,4H2,1-3H3,(H,14,15). The number of anilines is 1. The molecule has 90 valence electrons. The minimum atomic E-state index is 0.527. The number of aromatic nitrogens is 1. The van der Waals surface area contributed by atoms with E-state index in [1.54, 1.807) is 7.05 Å². The van der Waals surface area contributed by atoms with E-state index in [4.69, 9.17) is 9.15 Å². The Labute approximate surface area is 101 Å². The first-order chi connectivity index (χ1) is 8.24. The van der Waals surface area contributed by atoms with Crippen molar-refractivity contribution in [3.8, 4) is 17.1 Å². The lowest BCUT2D eigenvalue weighted by Gasteiger charge is -2.04. The van der Waals surface area contributed by atoms with Crippen molar-refractivity contribution in [3.63, 3.8) is 0 Å². The van der Waals surface area contributed by atoms with Crippen LogP contribution in [-0.4, -0.2) is 18.6 Å². The zero-order valence-electron chi connectivity index (χ0n) is 10.3. The summed E-state index contributed by atoms with van der Waals surface area (Å²) in [5, 5.41) is 2.89. The molecule has 1 aromatic carbocycles. The van der Waals surface area contributed by atoms with Gasteiger partial charge >= 0.3 is 0 Å². The van der Waals surface area contributed by atoms with Crippen LogP contribution in [0.25, 0.3) is 11.3 Å². The minimum Gasteiger partial charge on any atom is -0.494 e. The van der Waals surface area contributed by atoms with Gasteiger partial charge in [0.2, 0.25) is 0 Å². The number of hydrogen-bond acceptors (Lipinski definition) is 4. The van der Waals surface area contributed by atoms with Crippen LogP contribution >= 0.6 is 0 Å². The van der Waals surface area contributed by atoms with Crippen molar-refractivity contribution in [2.45, 2.75) is 13.8 Å². The van der Waals surface area contributed by atoms with E-state index in [-0.39, 0.29) is 0 Å². The van der Waals surface area contributed by atoms with E-state index in [0.717, 1.165) is 22.8 Å².